The van der Waals surface area contributed by atoms with Crippen LogP contribution < -0.4 is 19.5 Å². The predicted octanol–water partition coefficient (Wildman–Crippen LogP) is 6.74. The lowest BCUT2D eigenvalue weighted by Gasteiger charge is -2.27. The number of halogens is 5. The van der Waals surface area contributed by atoms with Crippen molar-refractivity contribution in [2.75, 3.05) is 17.8 Å². The number of ether oxygens (including phenoxy) is 2. The molecule has 4 rings (SSSR count). The Bertz CT molecular complexity index is 1360. The fraction of sp³-hybridized carbons (Fsp3) is 0.250. The summed E-state index contributed by atoms with van der Waals surface area (Å²) in [5, 5.41) is 3.71. The zero-order valence-electron chi connectivity index (χ0n) is 18.8. The number of sulfonamides is 1. The number of hydrogen-bond acceptors (Lipinski definition) is 5. The fourth-order valence-corrected chi connectivity index (χ4v) is 4.97. The number of nitrogens with one attached hydrogen (secondary N) is 2. The average molecular weight is 561 g/mol. The summed E-state index contributed by atoms with van der Waals surface area (Å²) in [7, 11) is -4.12. The maximum Gasteiger partial charge on any atom is 0.419 e. The van der Waals surface area contributed by atoms with Crippen molar-refractivity contribution in [1.29, 1.82) is 0 Å². The molecule has 1 aliphatic rings. The van der Waals surface area contributed by atoms with Gasteiger partial charge < -0.3 is 14.8 Å². The standard InChI is InChI=1S/C24H21Cl2F3N2O4S/c1-23(10-11-30-14-23)35-22-12-15(2-8-19(22)24(27,28)29)31-36(32,33)18-6-3-16(4-7-18)34-17-5-9-20(25)21(26)13-17/h2-9,12-13,30-31H,10-11,14H2,1H3/t23-/m1/s1. The fourth-order valence-electron chi connectivity index (χ4n) is 3.63. The highest BCUT2D eigenvalue weighted by molar-refractivity contribution is 7.92. The van der Waals surface area contributed by atoms with Crippen molar-refractivity contribution >= 4 is 38.9 Å². The van der Waals surface area contributed by atoms with E-state index in [1.165, 1.54) is 30.3 Å². The zero-order valence-corrected chi connectivity index (χ0v) is 21.2. The zero-order chi connectivity index (χ0) is 26.1. The van der Waals surface area contributed by atoms with Crippen molar-refractivity contribution < 1.29 is 31.1 Å². The Hall–Kier alpha value is -2.66. The summed E-state index contributed by atoms with van der Waals surface area (Å²) in [5.41, 5.74) is -1.90. The van der Waals surface area contributed by atoms with Gasteiger partial charge in [0.25, 0.3) is 10.0 Å². The first-order chi connectivity index (χ1) is 16.8. The average Bonchev–Trinajstić information content (AvgIpc) is 3.21. The van der Waals surface area contributed by atoms with E-state index in [9.17, 15) is 21.6 Å². The number of hydrogen-bond donors (Lipinski definition) is 2. The molecule has 36 heavy (non-hydrogen) atoms. The normalized spacial score (nSPS) is 18.2. The first-order valence-electron chi connectivity index (χ1n) is 10.7. The van der Waals surface area contributed by atoms with Gasteiger partial charge in [-0.1, -0.05) is 23.2 Å². The van der Waals surface area contributed by atoms with Crippen molar-refractivity contribution in [1.82, 2.24) is 5.32 Å². The minimum atomic E-state index is -4.67. The second-order valence-corrected chi connectivity index (χ2v) is 10.9. The third-order valence-electron chi connectivity index (χ3n) is 5.49. The summed E-state index contributed by atoms with van der Waals surface area (Å²) in [6.07, 6.45) is -4.16. The number of anilines is 1. The molecule has 6 nitrogen and oxygen atoms in total. The molecule has 0 radical (unpaired) electrons. The quantitative estimate of drug-likeness (QED) is 0.334. The van der Waals surface area contributed by atoms with E-state index in [0.717, 1.165) is 18.2 Å². The van der Waals surface area contributed by atoms with Gasteiger partial charge >= 0.3 is 6.18 Å². The van der Waals surface area contributed by atoms with Crippen LogP contribution in [0.3, 0.4) is 0 Å². The number of rotatable bonds is 7. The molecule has 0 spiro atoms. The van der Waals surface area contributed by atoms with Crippen LogP contribution in [-0.2, 0) is 16.2 Å². The Morgan fingerprint density at radius 3 is 2.28 bits per heavy atom. The molecule has 0 unspecified atom stereocenters. The van der Waals surface area contributed by atoms with E-state index in [0.29, 0.717) is 41.1 Å². The molecule has 1 heterocycles. The SMILES string of the molecule is C[C@@]1(Oc2cc(NS(=O)(=O)c3ccc(Oc4ccc(Cl)c(Cl)c4)cc3)ccc2C(F)(F)F)CCNC1. The molecule has 0 saturated carbocycles. The van der Waals surface area contributed by atoms with Gasteiger partial charge in [0.15, 0.2) is 0 Å². The van der Waals surface area contributed by atoms with E-state index in [-0.39, 0.29) is 10.6 Å². The second-order valence-electron chi connectivity index (χ2n) is 8.44. The van der Waals surface area contributed by atoms with E-state index in [2.05, 4.69) is 10.0 Å². The molecule has 0 amide bonds. The van der Waals surface area contributed by atoms with Crippen LogP contribution in [-0.4, -0.2) is 27.1 Å². The van der Waals surface area contributed by atoms with Gasteiger partial charge in [-0.3, -0.25) is 4.72 Å². The minimum absolute atomic E-state index is 0.0660. The maximum atomic E-state index is 13.6. The summed E-state index contributed by atoms with van der Waals surface area (Å²) in [6.45, 7) is 2.68. The Morgan fingerprint density at radius 2 is 1.67 bits per heavy atom. The summed E-state index contributed by atoms with van der Waals surface area (Å²) in [6, 6.07) is 13.1. The topological polar surface area (TPSA) is 76.7 Å². The largest absolute Gasteiger partial charge is 0.485 e. The molecule has 1 fully saturated rings. The number of alkyl halides is 3. The first kappa shape index (κ1) is 26.4. The van der Waals surface area contributed by atoms with Gasteiger partial charge in [0, 0.05) is 25.1 Å². The summed E-state index contributed by atoms with van der Waals surface area (Å²) < 4.78 is 80.1. The Balaban J connectivity index is 1.54. The van der Waals surface area contributed by atoms with Crippen LogP contribution in [0, 0.1) is 0 Å². The molecule has 3 aromatic rings. The molecule has 0 bridgehead atoms. The van der Waals surface area contributed by atoms with E-state index in [4.69, 9.17) is 32.7 Å². The van der Waals surface area contributed by atoms with Crippen molar-refractivity contribution in [2.45, 2.75) is 30.0 Å². The lowest BCUT2D eigenvalue weighted by Crippen LogP contribution is -2.35. The van der Waals surface area contributed by atoms with Crippen LogP contribution in [0.1, 0.15) is 18.9 Å². The lowest BCUT2D eigenvalue weighted by molar-refractivity contribution is -0.139. The van der Waals surface area contributed by atoms with Crippen LogP contribution in [0.4, 0.5) is 18.9 Å². The van der Waals surface area contributed by atoms with Crippen LogP contribution in [0.5, 0.6) is 17.2 Å². The molecule has 12 heteroatoms. The van der Waals surface area contributed by atoms with E-state index in [1.54, 1.807) is 19.1 Å². The third-order valence-corrected chi connectivity index (χ3v) is 7.62. The van der Waals surface area contributed by atoms with Gasteiger partial charge in [-0.2, -0.15) is 13.2 Å². The molecule has 1 saturated heterocycles. The highest BCUT2D eigenvalue weighted by atomic mass is 35.5. The van der Waals surface area contributed by atoms with Crippen LogP contribution in [0.2, 0.25) is 10.0 Å². The number of benzene rings is 3. The van der Waals surface area contributed by atoms with E-state index < -0.39 is 33.1 Å². The molecular weight excluding hydrogens is 540 g/mol. The van der Waals surface area contributed by atoms with Crippen LogP contribution in [0.25, 0.3) is 0 Å². The van der Waals surface area contributed by atoms with Crippen molar-refractivity contribution in [3.8, 4) is 17.2 Å². The Labute approximate surface area is 216 Å². The molecule has 1 atom stereocenters. The van der Waals surface area contributed by atoms with Crippen molar-refractivity contribution in [3.63, 3.8) is 0 Å². The van der Waals surface area contributed by atoms with Crippen LogP contribution >= 0.6 is 23.2 Å². The maximum absolute atomic E-state index is 13.6. The monoisotopic (exact) mass is 560 g/mol. The van der Waals surface area contributed by atoms with Gasteiger partial charge in [-0.05, 0) is 62.0 Å². The molecule has 192 valence electrons. The van der Waals surface area contributed by atoms with Gasteiger partial charge in [0.1, 0.15) is 22.8 Å². The van der Waals surface area contributed by atoms with Gasteiger partial charge in [-0.15, -0.1) is 0 Å². The molecule has 0 aromatic heterocycles. The van der Waals surface area contributed by atoms with Gasteiger partial charge in [0.2, 0.25) is 0 Å². The van der Waals surface area contributed by atoms with Gasteiger partial charge in [-0.25, -0.2) is 8.42 Å². The van der Waals surface area contributed by atoms with Crippen molar-refractivity contribution in [2.24, 2.45) is 0 Å². The lowest BCUT2D eigenvalue weighted by atomic mass is 10.1. The highest BCUT2D eigenvalue weighted by Crippen LogP contribution is 2.40. The molecule has 2 N–H and O–H groups in total. The summed E-state index contributed by atoms with van der Waals surface area (Å²) in [5.74, 6) is 0.303. The van der Waals surface area contributed by atoms with E-state index >= 15 is 0 Å². The summed E-state index contributed by atoms with van der Waals surface area (Å²) >= 11 is 11.9. The Kier molecular flexibility index (Phi) is 7.34. The molecule has 0 aliphatic carbocycles. The Morgan fingerprint density at radius 1 is 0.972 bits per heavy atom. The predicted molar refractivity (Wildman–Crippen MR) is 132 cm³/mol. The first-order valence-corrected chi connectivity index (χ1v) is 13.0. The van der Waals surface area contributed by atoms with Crippen molar-refractivity contribution in [3.05, 3.63) is 76.3 Å². The molecule has 1 aliphatic heterocycles. The second kappa shape index (κ2) is 10.0. The minimum Gasteiger partial charge on any atom is -0.485 e. The highest BCUT2D eigenvalue weighted by Gasteiger charge is 2.38. The summed E-state index contributed by atoms with van der Waals surface area (Å²) in [4.78, 5) is -0.113. The third kappa shape index (κ3) is 6.18. The van der Waals surface area contributed by atoms with E-state index in [1.807, 2.05) is 0 Å². The molecule has 3 aromatic carbocycles. The molecular formula is C24H21Cl2F3N2O4S. The van der Waals surface area contributed by atoms with Gasteiger partial charge in [0.05, 0.1) is 26.2 Å². The smallest absolute Gasteiger partial charge is 0.419 e. The van der Waals surface area contributed by atoms with Crippen LogP contribution in [0.15, 0.2) is 65.6 Å².